The molecular weight excluding hydrogens is 226 g/mol. The molecule has 0 spiro atoms. The second-order valence-electron chi connectivity index (χ2n) is 6.84. The zero-order valence-corrected chi connectivity index (χ0v) is 11.9. The maximum absolute atomic E-state index is 12.0. The van der Waals surface area contributed by atoms with E-state index in [-0.39, 0.29) is 28.8 Å². The van der Waals surface area contributed by atoms with E-state index in [4.69, 9.17) is 10.5 Å². The summed E-state index contributed by atoms with van der Waals surface area (Å²) in [5.74, 6) is 0.0492. The predicted octanol–water partition coefficient (Wildman–Crippen LogP) is 2.44. The summed E-state index contributed by atoms with van der Waals surface area (Å²) in [4.78, 5) is 12.0. The van der Waals surface area contributed by atoms with Crippen molar-refractivity contribution in [1.29, 1.82) is 0 Å². The standard InChI is InChI=1S/C15H25NO2/c1-10-11(16)5-8-15(4)13(18-15)9-14(2,3)7-6-12(10)17/h6-7,10-11,13H,5,8-9,16H2,1-4H3/b7-6+/t10-,11-,13+,15-/m0/s1. The summed E-state index contributed by atoms with van der Waals surface area (Å²) in [6, 6.07) is -0.0648. The van der Waals surface area contributed by atoms with E-state index in [1.807, 2.05) is 13.0 Å². The first-order chi connectivity index (χ1) is 8.23. The summed E-state index contributed by atoms with van der Waals surface area (Å²) in [6.07, 6.45) is 6.83. The molecule has 2 N–H and O–H groups in total. The van der Waals surface area contributed by atoms with Crippen LogP contribution in [0.15, 0.2) is 12.2 Å². The van der Waals surface area contributed by atoms with E-state index >= 15 is 0 Å². The number of ketones is 1. The van der Waals surface area contributed by atoms with Crippen molar-refractivity contribution in [3.63, 3.8) is 0 Å². The maximum Gasteiger partial charge on any atom is 0.159 e. The van der Waals surface area contributed by atoms with Crippen molar-refractivity contribution in [3.05, 3.63) is 12.2 Å². The Bertz CT molecular complexity index is 375. The van der Waals surface area contributed by atoms with Crippen LogP contribution in [0.25, 0.3) is 0 Å². The van der Waals surface area contributed by atoms with Gasteiger partial charge in [0.2, 0.25) is 0 Å². The molecule has 1 heterocycles. The Balaban J connectivity index is 2.19. The summed E-state index contributed by atoms with van der Waals surface area (Å²) < 4.78 is 5.85. The van der Waals surface area contributed by atoms with Gasteiger partial charge in [-0.1, -0.05) is 26.8 Å². The highest BCUT2D eigenvalue weighted by Gasteiger charge is 2.53. The molecule has 1 aliphatic carbocycles. The number of hydrogen-bond acceptors (Lipinski definition) is 3. The fourth-order valence-electron chi connectivity index (χ4n) is 2.69. The minimum atomic E-state index is -0.101. The molecule has 0 aromatic carbocycles. The minimum Gasteiger partial charge on any atom is -0.366 e. The van der Waals surface area contributed by atoms with Crippen molar-refractivity contribution < 1.29 is 9.53 Å². The molecule has 3 nitrogen and oxygen atoms in total. The molecule has 0 saturated carbocycles. The Labute approximate surface area is 110 Å². The number of epoxide rings is 1. The molecule has 0 aromatic heterocycles. The zero-order valence-electron chi connectivity index (χ0n) is 11.9. The number of carbonyl (C=O) groups is 1. The first kappa shape index (κ1) is 13.8. The van der Waals surface area contributed by atoms with E-state index in [1.54, 1.807) is 6.08 Å². The monoisotopic (exact) mass is 251 g/mol. The van der Waals surface area contributed by atoms with E-state index < -0.39 is 0 Å². The number of allylic oxidation sites excluding steroid dienone is 2. The molecule has 1 aliphatic heterocycles. The van der Waals surface area contributed by atoms with Gasteiger partial charge >= 0.3 is 0 Å². The Kier molecular flexibility index (Phi) is 3.41. The lowest BCUT2D eigenvalue weighted by atomic mass is 9.84. The lowest BCUT2D eigenvalue weighted by Crippen LogP contribution is -2.34. The Morgan fingerprint density at radius 3 is 2.72 bits per heavy atom. The normalized spacial score (nSPS) is 45.8. The number of fused-ring (bicyclic) bond motifs is 1. The number of nitrogens with two attached hydrogens (primary N) is 1. The van der Waals surface area contributed by atoms with E-state index in [1.165, 1.54) is 0 Å². The summed E-state index contributed by atoms with van der Waals surface area (Å²) in [6.45, 7) is 8.40. The Hall–Kier alpha value is -0.670. The fourth-order valence-corrected chi connectivity index (χ4v) is 2.69. The molecule has 2 rings (SSSR count). The van der Waals surface area contributed by atoms with Gasteiger partial charge in [0.15, 0.2) is 5.78 Å². The fraction of sp³-hybridized carbons (Fsp3) is 0.800. The molecule has 0 unspecified atom stereocenters. The summed E-state index contributed by atoms with van der Waals surface area (Å²) in [5, 5.41) is 0. The largest absolute Gasteiger partial charge is 0.366 e. The molecule has 2 aliphatic rings. The van der Waals surface area contributed by atoms with E-state index in [0.29, 0.717) is 6.10 Å². The van der Waals surface area contributed by atoms with Crippen LogP contribution < -0.4 is 5.73 Å². The Morgan fingerprint density at radius 2 is 2.06 bits per heavy atom. The number of ether oxygens (including phenoxy) is 1. The highest BCUT2D eigenvalue weighted by atomic mass is 16.6. The van der Waals surface area contributed by atoms with Gasteiger partial charge < -0.3 is 10.5 Å². The minimum absolute atomic E-state index is 0.00619. The topological polar surface area (TPSA) is 55.6 Å². The molecule has 4 atom stereocenters. The lowest BCUT2D eigenvalue weighted by molar-refractivity contribution is -0.118. The van der Waals surface area contributed by atoms with Crippen LogP contribution in [-0.2, 0) is 9.53 Å². The quantitative estimate of drug-likeness (QED) is 0.673. The van der Waals surface area contributed by atoms with Crippen LogP contribution >= 0.6 is 0 Å². The third-order valence-electron chi connectivity index (χ3n) is 4.51. The van der Waals surface area contributed by atoms with Crippen LogP contribution in [0.4, 0.5) is 0 Å². The van der Waals surface area contributed by atoms with Crippen LogP contribution in [0.1, 0.15) is 47.0 Å². The first-order valence-electron chi connectivity index (χ1n) is 6.90. The van der Waals surface area contributed by atoms with E-state index in [2.05, 4.69) is 20.8 Å². The number of hydrogen-bond donors (Lipinski definition) is 1. The van der Waals surface area contributed by atoms with Crippen LogP contribution in [0, 0.1) is 11.3 Å². The molecule has 0 amide bonds. The van der Waals surface area contributed by atoms with E-state index in [9.17, 15) is 4.79 Å². The summed E-state index contributed by atoms with van der Waals surface area (Å²) in [7, 11) is 0. The smallest absolute Gasteiger partial charge is 0.159 e. The third-order valence-corrected chi connectivity index (χ3v) is 4.51. The summed E-state index contributed by atoms with van der Waals surface area (Å²) >= 11 is 0. The van der Waals surface area contributed by atoms with Crippen molar-refractivity contribution in [2.75, 3.05) is 0 Å². The second-order valence-corrected chi connectivity index (χ2v) is 6.84. The van der Waals surface area contributed by atoms with E-state index in [0.717, 1.165) is 19.3 Å². The van der Waals surface area contributed by atoms with Crippen molar-refractivity contribution in [1.82, 2.24) is 0 Å². The van der Waals surface area contributed by atoms with Gasteiger partial charge in [0.25, 0.3) is 0 Å². The molecule has 0 aromatic rings. The molecule has 102 valence electrons. The van der Waals surface area contributed by atoms with Crippen LogP contribution in [-0.4, -0.2) is 23.5 Å². The van der Waals surface area contributed by atoms with Crippen LogP contribution in [0.2, 0.25) is 0 Å². The molecule has 18 heavy (non-hydrogen) atoms. The van der Waals surface area contributed by atoms with Gasteiger partial charge in [0.05, 0.1) is 11.7 Å². The summed E-state index contributed by atoms with van der Waals surface area (Å²) in [5.41, 5.74) is 6.09. The number of rotatable bonds is 0. The molecule has 0 radical (unpaired) electrons. The SMILES string of the molecule is C[C@@H]1C(=O)/C=C/C(C)(C)C[C@H]2O[C@@]2(C)CC[C@@H]1N. The first-order valence-corrected chi connectivity index (χ1v) is 6.90. The number of carbonyl (C=O) groups excluding carboxylic acids is 1. The van der Waals surface area contributed by atoms with Gasteiger partial charge in [-0.2, -0.15) is 0 Å². The molecule has 1 saturated heterocycles. The molecule has 3 heteroatoms. The van der Waals surface area contributed by atoms with Gasteiger partial charge in [-0.25, -0.2) is 0 Å². The van der Waals surface area contributed by atoms with Gasteiger partial charge in [0.1, 0.15) is 0 Å². The molecular formula is C15H25NO2. The van der Waals surface area contributed by atoms with Gasteiger partial charge in [-0.3, -0.25) is 4.79 Å². The Morgan fingerprint density at radius 1 is 1.39 bits per heavy atom. The molecule has 1 fully saturated rings. The zero-order chi connectivity index (χ0) is 13.6. The van der Waals surface area contributed by atoms with Crippen LogP contribution in [0.3, 0.4) is 0 Å². The highest BCUT2D eigenvalue weighted by molar-refractivity contribution is 5.92. The van der Waals surface area contributed by atoms with Gasteiger partial charge in [0, 0.05) is 12.0 Å². The predicted molar refractivity (Wildman–Crippen MR) is 72.2 cm³/mol. The average Bonchev–Trinajstić information content (AvgIpc) is 2.91. The van der Waals surface area contributed by atoms with Crippen molar-refractivity contribution in [2.24, 2.45) is 17.1 Å². The van der Waals surface area contributed by atoms with Gasteiger partial charge in [-0.15, -0.1) is 0 Å². The third kappa shape index (κ3) is 2.83. The van der Waals surface area contributed by atoms with Crippen LogP contribution in [0.5, 0.6) is 0 Å². The lowest BCUT2D eigenvalue weighted by Gasteiger charge is -2.19. The average molecular weight is 251 g/mol. The van der Waals surface area contributed by atoms with Gasteiger partial charge in [-0.05, 0) is 37.7 Å². The highest BCUT2D eigenvalue weighted by Crippen LogP contribution is 2.47. The molecule has 0 bridgehead atoms. The van der Waals surface area contributed by atoms with Crippen molar-refractivity contribution in [3.8, 4) is 0 Å². The van der Waals surface area contributed by atoms with Crippen molar-refractivity contribution >= 4 is 5.78 Å². The second kappa shape index (κ2) is 4.46. The maximum atomic E-state index is 12.0. The van der Waals surface area contributed by atoms with Crippen molar-refractivity contribution in [2.45, 2.75) is 64.7 Å².